The largest absolute Gasteiger partial charge is 0.508 e. The Labute approximate surface area is 275 Å². The third-order valence-electron chi connectivity index (χ3n) is 8.01. The minimum absolute atomic E-state index is 0.00147. The van der Waals surface area contributed by atoms with E-state index in [4.69, 9.17) is 9.47 Å². The molecule has 5 atom stereocenters. The lowest BCUT2D eigenvalue weighted by Gasteiger charge is -2.39. The number of fused-ring (bicyclic) bond motifs is 1. The van der Waals surface area contributed by atoms with Crippen LogP contribution in [0.3, 0.4) is 0 Å². The fraction of sp³-hybridized carbons (Fsp3) is 0.303. The standard InChI is InChI=1S/C33H36N2O12S/c1-35(2)22-7-3-6-20-19(22)5-4-8-28(20)48(44,45)34-21-13-17(9-11-23(21)38)10-12-24(39)29-25(40)14-18(37)15-26(29)46-33-32(43)31(42)30(41)27(16-36)47-33/h3-9,11,13-15,27,30-34,36-38,40-43H,10,12,16H2,1-2H3/t27-,30-,31+,32-,33-/m1/s1. The zero-order chi connectivity index (χ0) is 34.9. The first kappa shape index (κ1) is 34.7. The summed E-state index contributed by atoms with van der Waals surface area (Å²) in [5.74, 6) is -2.60. The van der Waals surface area contributed by atoms with Gasteiger partial charge in [-0.3, -0.25) is 9.52 Å². The average Bonchev–Trinajstić information content (AvgIpc) is 3.04. The molecule has 256 valence electrons. The van der Waals surface area contributed by atoms with Gasteiger partial charge in [0.05, 0.1) is 17.2 Å². The van der Waals surface area contributed by atoms with Gasteiger partial charge in [-0.15, -0.1) is 0 Å². The molecule has 1 aliphatic heterocycles. The number of benzene rings is 4. The molecule has 48 heavy (non-hydrogen) atoms. The normalized spacial score (nSPS) is 21.2. The highest BCUT2D eigenvalue weighted by atomic mass is 32.2. The Balaban J connectivity index is 1.36. The summed E-state index contributed by atoms with van der Waals surface area (Å²) >= 11 is 0. The van der Waals surface area contributed by atoms with Gasteiger partial charge >= 0.3 is 0 Å². The summed E-state index contributed by atoms with van der Waals surface area (Å²) in [6, 6.07) is 16.2. The number of carbonyl (C=O) groups excluding carboxylic acids is 1. The van der Waals surface area contributed by atoms with Gasteiger partial charge in [0, 0.05) is 49.1 Å². The summed E-state index contributed by atoms with van der Waals surface area (Å²) in [6.45, 7) is -0.730. The van der Waals surface area contributed by atoms with Crippen LogP contribution in [0.2, 0.25) is 0 Å². The summed E-state index contributed by atoms with van der Waals surface area (Å²) in [5.41, 5.74) is 0.749. The molecule has 0 aromatic heterocycles. The van der Waals surface area contributed by atoms with E-state index in [9.17, 15) is 49.0 Å². The van der Waals surface area contributed by atoms with Crippen molar-refractivity contribution in [3.05, 3.63) is 77.9 Å². The van der Waals surface area contributed by atoms with Gasteiger partial charge in [0.2, 0.25) is 6.29 Å². The lowest BCUT2D eigenvalue weighted by molar-refractivity contribution is -0.277. The number of aryl methyl sites for hydroxylation is 1. The van der Waals surface area contributed by atoms with E-state index < -0.39 is 75.9 Å². The van der Waals surface area contributed by atoms with Crippen LogP contribution in [0.4, 0.5) is 11.4 Å². The number of hydrogen-bond donors (Lipinski definition) is 8. The number of ether oxygens (including phenoxy) is 2. The molecule has 0 spiro atoms. The maximum absolute atomic E-state index is 13.6. The molecule has 0 amide bonds. The van der Waals surface area contributed by atoms with Crippen LogP contribution < -0.4 is 14.4 Å². The monoisotopic (exact) mass is 684 g/mol. The van der Waals surface area contributed by atoms with Crippen LogP contribution in [0.25, 0.3) is 10.8 Å². The molecule has 0 saturated carbocycles. The topological polar surface area (TPSA) is 227 Å². The Hall–Kier alpha value is -4.64. The van der Waals surface area contributed by atoms with E-state index in [1.54, 1.807) is 18.2 Å². The Bertz CT molecular complexity index is 1930. The van der Waals surface area contributed by atoms with Crippen LogP contribution in [-0.2, 0) is 21.2 Å². The Morgan fingerprint density at radius 3 is 2.31 bits per heavy atom. The summed E-state index contributed by atoms with van der Waals surface area (Å²) < 4.78 is 40.4. The second-order valence-corrected chi connectivity index (χ2v) is 13.2. The fourth-order valence-corrected chi connectivity index (χ4v) is 6.83. The van der Waals surface area contributed by atoms with E-state index >= 15 is 0 Å². The van der Waals surface area contributed by atoms with Crippen molar-refractivity contribution in [3.8, 4) is 23.0 Å². The SMILES string of the molecule is CN(C)c1cccc2c(S(=O)(=O)Nc3cc(CCC(=O)c4c(O)cc(O)cc4O[C@@H]4O[C@H](CO)[C@@H](O)[C@H](O)[C@H]4O)ccc3O)cccc12. The molecule has 1 aliphatic rings. The molecule has 8 N–H and O–H groups in total. The molecule has 1 heterocycles. The number of Topliss-reactive ketones (excluding diaryl/α,β-unsaturated/α-hetero) is 1. The van der Waals surface area contributed by atoms with Crippen molar-refractivity contribution >= 4 is 38.0 Å². The first-order valence-electron chi connectivity index (χ1n) is 14.8. The minimum Gasteiger partial charge on any atom is -0.508 e. The van der Waals surface area contributed by atoms with E-state index in [2.05, 4.69) is 4.72 Å². The van der Waals surface area contributed by atoms with Crippen molar-refractivity contribution in [1.82, 2.24) is 0 Å². The van der Waals surface area contributed by atoms with Crippen molar-refractivity contribution in [1.29, 1.82) is 0 Å². The molecule has 4 aromatic carbocycles. The van der Waals surface area contributed by atoms with Crippen LogP contribution in [0, 0.1) is 0 Å². The second kappa shape index (κ2) is 13.8. The number of aliphatic hydroxyl groups is 4. The quantitative estimate of drug-likeness (QED) is 0.0834. The van der Waals surface area contributed by atoms with Crippen molar-refractivity contribution in [2.45, 2.75) is 48.4 Å². The molecule has 1 fully saturated rings. The van der Waals surface area contributed by atoms with Gasteiger partial charge in [0.15, 0.2) is 5.78 Å². The molecule has 5 rings (SSSR count). The number of aromatic hydroxyl groups is 3. The van der Waals surface area contributed by atoms with Crippen LogP contribution in [0.5, 0.6) is 23.0 Å². The van der Waals surface area contributed by atoms with Crippen LogP contribution in [0.1, 0.15) is 22.3 Å². The van der Waals surface area contributed by atoms with E-state index in [0.717, 1.165) is 17.8 Å². The second-order valence-electron chi connectivity index (χ2n) is 11.6. The summed E-state index contributed by atoms with van der Waals surface area (Å²) in [6.07, 6.45) is -8.52. The Morgan fingerprint density at radius 2 is 1.60 bits per heavy atom. The molecular formula is C33H36N2O12S. The third kappa shape index (κ3) is 6.96. The van der Waals surface area contributed by atoms with Gasteiger partial charge < -0.3 is 50.1 Å². The highest BCUT2D eigenvalue weighted by molar-refractivity contribution is 7.93. The van der Waals surface area contributed by atoms with Crippen LogP contribution >= 0.6 is 0 Å². The molecule has 0 bridgehead atoms. The highest BCUT2D eigenvalue weighted by Crippen LogP contribution is 2.37. The summed E-state index contributed by atoms with van der Waals surface area (Å²) in [4.78, 5) is 15.2. The number of carbonyl (C=O) groups is 1. The number of nitrogens with one attached hydrogen (secondary N) is 1. The lowest BCUT2D eigenvalue weighted by atomic mass is 9.98. The zero-order valence-electron chi connectivity index (χ0n) is 25.9. The van der Waals surface area contributed by atoms with E-state index in [1.165, 1.54) is 24.3 Å². The molecule has 0 aliphatic carbocycles. The number of hydrogen-bond acceptors (Lipinski definition) is 13. The number of phenolic OH excluding ortho intramolecular Hbond substituents is 3. The number of aliphatic hydroxyl groups excluding tert-OH is 4. The summed E-state index contributed by atoms with van der Waals surface area (Å²) in [5, 5.41) is 72.3. The number of rotatable bonds is 11. The minimum atomic E-state index is -4.19. The van der Waals surface area contributed by atoms with Gasteiger partial charge in [0.1, 0.15) is 53.0 Å². The predicted molar refractivity (Wildman–Crippen MR) is 174 cm³/mol. The smallest absolute Gasteiger partial charge is 0.262 e. The van der Waals surface area contributed by atoms with Crippen molar-refractivity contribution in [2.24, 2.45) is 0 Å². The van der Waals surface area contributed by atoms with Crippen LogP contribution in [-0.4, -0.2) is 101 Å². The van der Waals surface area contributed by atoms with Gasteiger partial charge in [-0.05, 0) is 36.2 Å². The summed E-state index contributed by atoms with van der Waals surface area (Å²) in [7, 11) is -0.500. The molecular weight excluding hydrogens is 648 g/mol. The van der Waals surface area contributed by atoms with Crippen molar-refractivity contribution < 1.29 is 58.4 Å². The average molecular weight is 685 g/mol. The van der Waals surface area contributed by atoms with Crippen LogP contribution in [0.15, 0.2) is 71.6 Å². The molecule has 15 heteroatoms. The molecule has 14 nitrogen and oxygen atoms in total. The fourth-order valence-electron chi connectivity index (χ4n) is 5.54. The van der Waals surface area contributed by atoms with E-state index in [-0.39, 0.29) is 29.2 Å². The van der Waals surface area contributed by atoms with E-state index in [1.807, 2.05) is 31.1 Å². The van der Waals surface area contributed by atoms with Gasteiger partial charge in [-0.1, -0.05) is 30.3 Å². The molecule has 4 aromatic rings. The predicted octanol–water partition coefficient (Wildman–Crippen LogP) is 1.82. The van der Waals surface area contributed by atoms with Crippen molar-refractivity contribution in [2.75, 3.05) is 30.3 Å². The molecule has 0 radical (unpaired) electrons. The molecule has 0 unspecified atom stereocenters. The lowest BCUT2D eigenvalue weighted by Crippen LogP contribution is -2.60. The number of nitrogens with zero attached hydrogens (tertiary/aromatic N) is 1. The number of sulfonamides is 1. The molecule has 1 saturated heterocycles. The number of anilines is 2. The first-order chi connectivity index (χ1) is 22.7. The Kier molecular flexibility index (Phi) is 10.0. The maximum atomic E-state index is 13.6. The van der Waals surface area contributed by atoms with E-state index in [0.29, 0.717) is 16.3 Å². The van der Waals surface area contributed by atoms with Gasteiger partial charge in [-0.2, -0.15) is 0 Å². The number of phenols is 3. The first-order valence-corrected chi connectivity index (χ1v) is 16.3. The Morgan fingerprint density at radius 1 is 0.896 bits per heavy atom. The zero-order valence-corrected chi connectivity index (χ0v) is 26.7. The van der Waals surface area contributed by atoms with Crippen molar-refractivity contribution in [3.63, 3.8) is 0 Å². The number of ketones is 1. The third-order valence-corrected chi connectivity index (χ3v) is 9.44. The maximum Gasteiger partial charge on any atom is 0.262 e. The van der Waals surface area contributed by atoms with Gasteiger partial charge in [-0.25, -0.2) is 8.42 Å². The highest BCUT2D eigenvalue weighted by Gasteiger charge is 2.45. The van der Waals surface area contributed by atoms with Gasteiger partial charge in [0.25, 0.3) is 10.0 Å².